The van der Waals surface area contributed by atoms with Crippen LogP contribution in [0.1, 0.15) is 30.3 Å². The number of hydrogen-bond acceptors (Lipinski definition) is 3. The zero-order chi connectivity index (χ0) is 13.7. The summed E-state index contributed by atoms with van der Waals surface area (Å²) in [6, 6.07) is 12.4. The normalized spacial score (nSPS) is 14.3. The first-order valence-corrected chi connectivity index (χ1v) is 6.58. The van der Waals surface area contributed by atoms with Gasteiger partial charge in [-0.2, -0.15) is 5.10 Å². The first-order valence-electron chi connectivity index (χ1n) is 6.58. The van der Waals surface area contributed by atoms with Crippen molar-refractivity contribution >= 4 is 0 Å². The van der Waals surface area contributed by atoms with E-state index in [0.29, 0.717) is 0 Å². The molecule has 0 saturated heterocycles. The molecule has 0 aliphatic rings. The average Bonchev–Trinajstić information content (AvgIpc) is 2.93. The Hall–Kier alpha value is -1.65. The van der Waals surface area contributed by atoms with Crippen LogP contribution in [0.15, 0.2) is 42.6 Å². The van der Waals surface area contributed by atoms with Crippen molar-refractivity contribution in [2.75, 3.05) is 14.2 Å². The van der Waals surface area contributed by atoms with Crippen molar-refractivity contribution in [1.82, 2.24) is 15.1 Å². The Labute approximate surface area is 114 Å². The van der Waals surface area contributed by atoms with E-state index in [0.717, 1.165) is 17.8 Å². The summed E-state index contributed by atoms with van der Waals surface area (Å²) in [4.78, 5) is 0. The minimum absolute atomic E-state index is 0.0341. The van der Waals surface area contributed by atoms with Crippen LogP contribution in [-0.2, 0) is 11.3 Å². The lowest BCUT2D eigenvalue weighted by Crippen LogP contribution is -2.27. The van der Waals surface area contributed by atoms with Gasteiger partial charge in [0.25, 0.3) is 0 Å². The van der Waals surface area contributed by atoms with Gasteiger partial charge in [-0.1, -0.05) is 30.3 Å². The molecule has 0 spiro atoms. The van der Waals surface area contributed by atoms with Crippen molar-refractivity contribution in [2.45, 2.75) is 25.6 Å². The lowest BCUT2D eigenvalue weighted by atomic mass is 9.99. The molecule has 2 rings (SSSR count). The number of benzene rings is 1. The van der Waals surface area contributed by atoms with Crippen LogP contribution < -0.4 is 5.32 Å². The summed E-state index contributed by atoms with van der Waals surface area (Å²) in [6.07, 6.45) is 1.80. The van der Waals surface area contributed by atoms with Crippen molar-refractivity contribution in [2.24, 2.45) is 0 Å². The fraction of sp³-hybridized carbons (Fsp3) is 0.400. The highest BCUT2D eigenvalue weighted by Gasteiger charge is 2.25. The molecule has 102 valence electrons. The Balaban J connectivity index is 2.34. The van der Waals surface area contributed by atoms with E-state index in [4.69, 9.17) is 4.74 Å². The van der Waals surface area contributed by atoms with Crippen LogP contribution in [0.3, 0.4) is 0 Å². The summed E-state index contributed by atoms with van der Waals surface area (Å²) in [5.41, 5.74) is 2.30. The third-order valence-corrected chi connectivity index (χ3v) is 3.36. The molecule has 19 heavy (non-hydrogen) atoms. The summed E-state index contributed by atoms with van der Waals surface area (Å²) in [6.45, 7) is 2.94. The molecule has 1 aromatic heterocycles. The third kappa shape index (κ3) is 2.85. The van der Waals surface area contributed by atoms with E-state index in [1.165, 1.54) is 0 Å². The summed E-state index contributed by atoms with van der Waals surface area (Å²) < 4.78 is 7.71. The largest absolute Gasteiger partial charge is 0.375 e. The lowest BCUT2D eigenvalue weighted by Gasteiger charge is -2.26. The molecule has 0 bridgehead atoms. The van der Waals surface area contributed by atoms with Gasteiger partial charge in [-0.25, -0.2) is 0 Å². The highest BCUT2D eigenvalue weighted by molar-refractivity contribution is 5.22. The zero-order valence-corrected chi connectivity index (χ0v) is 11.7. The number of nitrogens with zero attached hydrogens (tertiary/aromatic N) is 2. The average molecular weight is 259 g/mol. The van der Waals surface area contributed by atoms with Gasteiger partial charge in [-0.05, 0) is 25.6 Å². The molecule has 1 N–H and O–H groups in total. The second-order valence-electron chi connectivity index (χ2n) is 4.41. The molecule has 2 atom stereocenters. The Morgan fingerprint density at radius 2 is 2.00 bits per heavy atom. The van der Waals surface area contributed by atoms with E-state index >= 15 is 0 Å². The van der Waals surface area contributed by atoms with Gasteiger partial charge in [-0.3, -0.25) is 4.68 Å². The maximum absolute atomic E-state index is 5.71. The Kier molecular flexibility index (Phi) is 4.71. The van der Waals surface area contributed by atoms with Crippen LogP contribution >= 0.6 is 0 Å². The van der Waals surface area contributed by atoms with Gasteiger partial charge in [0, 0.05) is 19.9 Å². The zero-order valence-electron chi connectivity index (χ0n) is 11.7. The lowest BCUT2D eigenvalue weighted by molar-refractivity contribution is 0.0673. The maximum atomic E-state index is 5.71. The van der Waals surface area contributed by atoms with Gasteiger partial charge in [0.05, 0.1) is 11.7 Å². The number of rotatable bonds is 6. The minimum atomic E-state index is -0.0341. The predicted octanol–water partition coefficient (Wildman–Crippen LogP) is 2.55. The number of aromatic nitrogens is 2. The van der Waals surface area contributed by atoms with E-state index in [1.54, 1.807) is 7.11 Å². The van der Waals surface area contributed by atoms with E-state index < -0.39 is 0 Å². The van der Waals surface area contributed by atoms with Crippen LogP contribution in [0.4, 0.5) is 0 Å². The topological polar surface area (TPSA) is 39.1 Å². The Morgan fingerprint density at radius 1 is 1.26 bits per heavy atom. The van der Waals surface area contributed by atoms with Gasteiger partial charge in [0.1, 0.15) is 6.10 Å². The molecule has 0 radical (unpaired) electrons. The van der Waals surface area contributed by atoms with E-state index in [9.17, 15) is 0 Å². The van der Waals surface area contributed by atoms with Gasteiger partial charge >= 0.3 is 0 Å². The number of likely N-dealkylation sites (N-methyl/N-ethyl adjacent to an activating group) is 1. The molecule has 1 aromatic carbocycles. The molecular weight excluding hydrogens is 238 g/mol. The summed E-state index contributed by atoms with van der Waals surface area (Å²) in [5, 5.41) is 7.68. The summed E-state index contributed by atoms with van der Waals surface area (Å²) in [5.74, 6) is 0. The van der Waals surface area contributed by atoms with E-state index in [-0.39, 0.29) is 12.1 Å². The van der Waals surface area contributed by atoms with Crippen molar-refractivity contribution in [3.05, 3.63) is 53.9 Å². The second-order valence-corrected chi connectivity index (χ2v) is 4.41. The number of aryl methyl sites for hydroxylation is 1. The summed E-state index contributed by atoms with van der Waals surface area (Å²) in [7, 11) is 3.70. The highest BCUT2D eigenvalue weighted by Crippen LogP contribution is 2.31. The fourth-order valence-electron chi connectivity index (χ4n) is 2.43. The highest BCUT2D eigenvalue weighted by atomic mass is 16.5. The molecular formula is C15H21N3O. The molecule has 4 heteroatoms. The summed E-state index contributed by atoms with van der Waals surface area (Å²) >= 11 is 0. The van der Waals surface area contributed by atoms with Crippen molar-refractivity contribution in [3.63, 3.8) is 0 Å². The molecule has 4 nitrogen and oxygen atoms in total. The molecule has 1 heterocycles. The van der Waals surface area contributed by atoms with Crippen LogP contribution in [0.5, 0.6) is 0 Å². The molecule has 0 fully saturated rings. The van der Waals surface area contributed by atoms with Crippen LogP contribution in [0, 0.1) is 0 Å². The van der Waals surface area contributed by atoms with Gasteiger partial charge in [0.2, 0.25) is 0 Å². The standard InChI is InChI=1S/C15H21N3O/c1-4-18-13(10-11-17-18)14(16-2)15(19-3)12-8-6-5-7-9-12/h5-11,14-16H,4H2,1-3H3. The SMILES string of the molecule is CCn1nccc1C(NC)C(OC)c1ccccc1. The van der Waals surface area contributed by atoms with Gasteiger partial charge in [0.15, 0.2) is 0 Å². The molecule has 0 aliphatic carbocycles. The van der Waals surface area contributed by atoms with Crippen LogP contribution in [0.25, 0.3) is 0 Å². The van der Waals surface area contributed by atoms with Crippen molar-refractivity contribution in [1.29, 1.82) is 0 Å². The van der Waals surface area contributed by atoms with Crippen molar-refractivity contribution in [3.8, 4) is 0 Å². The van der Waals surface area contributed by atoms with Crippen LogP contribution in [0.2, 0.25) is 0 Å². The molecule has 0 saturated carbocycles. The monoisotopic (exact) mass is 259 g/mol. The van der Waals surface area contributed by atoms with Gasteiger partial charge in [-0.15, -0.1) is 0 Å². The molecule has 0 aliphatic heterocycles. The number of methoxy groups -OCH3 is 1. The molecule has 2 aromatic rings. The fourth-order valence-corrected chi connectivity index (χ4v) is 2.43. The minimum Gasteiger partial charge on any atom is -0.375 e. The van der Waals surface area contributed by atoms with Crippen LogP contribution in [-0.4, -0.2) is 23.9 Å². The number of nitrogens with one attached hydrogen (secondary N) is 1. The van der Waals surface area contributed by atoms with Crippen molar-refractivity contribution < 1.29 is 4.74 Å². The molecule has 2 unspecified atom stereocenters. The van der Waals surface area contributed by atoms with E-state index in [2.05, 4.69) is 29.5 Å². The first kappa shape index (κ1) is 13.8. The Bertz CT molecular complexity index is 495. The number of ether oxygens (including phenoxy) is 1. The van der Waals surface area contributed by atoms with E-state index in [1.807, 2.05) is 42.2 Å². The second kappa shape index (κ2) is 6.50. The first-order chi connectivity index (χ1) is 9.31. The quantitative estimate of drug-likeness (QED) is 0.866. The predicted molar refractivity (Wildman–Crippen MR) is 75.9 cm³/mol. The Morgan fingerprint density at radius 3 is 2.58 bits per heavy atom. The van der Waals surface area contributed by atoms with Gasteiger partial charge < -0.3 is 10.1 Å². The number of hydrogen-bond donors (Lipinski definition) is 1. The molecule has 0 amide bonds. The third-order valence-electron chi connectivity index (χ3n) is 3.36. The smallest absolute Gasteiger partial charge is 0.103 e. The maximum Gasteiger partial charge on any atom is 0.103 e.